The number of carbonyl (C=O) groups excluding carboxylic acids is 2. The Morgan fingerprint density at radius 2 is 1.70 bits per heavy atom. The lowest BCUT2D eigenvalue weighted by atomic mass is 9.98. The highest BCUT2D eigenvalue weighted by atomic mass is 32.2. The van der Waals surface area contributed by atoms with Gasteiger partial charge in [0, 0.05) is 57.3 Å². The van der Waals surface area contributed by atoms with Crippen molar-refractivity contribution in [3.05, 3.63) is 60.2 Å². The van der Waals surface area contributed by atoms with E-state index in [0.717, 1.165) is 37.6 Å². The van der Waals surface area contributed by atoms with E-state index in [9.17, 15) is 18.0 Å². The molecule has 0 spiro atoms. The SMILES string of the molecule is O=C1CCN(S(=O)(=O)c2ccccc2)CCCC(C(=O)NCc2ccc(N3CCOCC3)cc2)CCN1. The molecule has 0 aliphatic carbocycles. The topological polar surface area (TPSA) is 108 Å². The maximum atomic E-state index is 13.1. The fourth-order valence-electron chi connectivity index (χ4n) is 4.69. The van der Waals surface area contributed by atoms with E-state index < -0.39 is 10.0 Å². The number of hydrogen-bond donors (Lipinski definition) is 2. The quantitative estimate of drug-likeness (QED) is 0.595. The third-order valence-corrected chi connectivity index (χ3v) is 8.81. The third kappa shape index (κ3) is 7.53. The summed E-state index contributed by atoms with van der Waals surface area (Å²) < 4.78 is 33.1. The monoisotopic (exact) mass is 528 g/mol. The summed E-state index contributed by atoms with van der Waals surface area (Å²) in [6.07, 6.45) is 1.67. The number of nitrogens with one attached hydrogen (secondary N) is 2. The number of benzene rings is 2. The van der Waals surface area contributed by atoms with E-state index in [0.29, 0.717) is 32.4 Å². The number of nitrogens with zero attached hydrogens (tertiary/aromatic N) is 2. The van der Waals surface area contributed by atoms with E-state index in [1.54, 1.807) is 30.3 Å². The van der Waals surface area contributed by atoms with Crippen molar-refractivity contribution in [2.45, 2.75) is 37.1 Å². The molecule has 10 heteroatoms. The maximum absolute atomic E-state index is 13.1. The molecule has 2 N–H and O–H groups in total. The van der Waals surface area contributed by atoms with Gasteiger partial charge in [-0.25, -0.2) is 8.42 Å². The predicted octanol–water partition coefficient (Wildman–Crippen LogP) is 2.14. The summed E-state index contributed by atoms with van der Waals surface area (Å²) in [5.41, 5.74) is 2.16. The number of amides is 2. The average molecular weight is 529 g/mol. The Balaban J connectivity index is 1.34. The maximum Gasteiger partial charge on any atom is 0.243 e. The molecule has 0 aromatic heterocycles. The molecule has 1 unspecified atom stereocenters. The number of hydrogen-bond acceptors (Lipinski definition) is 6. The fourth-order valence-corrected chi connectivity index (χ4v) is 6.19. The number of sulfonamides is 1. The smallest absolute Gasteiger partial charge is 0.243 e. The van der Waals surface area contributed by atoms with Crippen molar-refractivity contribution >= 4 is 27.5 Å². The highest BCUT2D eigenvalue weighted by Gasteiger charge is 2.27. The van der Waals surface area contributed by atoms with Crippen molar-refractivity contribution < 1.29 is 22.7 Å². The molecule has 2 fully saturated rings. The Bertz CT molecular complexity index is 1140. The van der Waals surface area contributed by atoms with Crippen molar-refractivity contribution in [1.29, 1.82) is 0 Å². The standard InChI is InChI=1S/C27H36N4O5S/c32-26-13-16-31(37(34,35)25-6-2-1-3-7-25)15-4-5-23(12-14-28-26)27(33)29-21-22-8-10-24(11-9-22)30-17-19-36-20-18-30/h1-3,6-11,23H,4-5,12-21H2,(H,28,32)(H,29,33). The van der Waals surface area contributed by atoms with Gasteiger partial charge >= 0.3 is 0 Å². The van der Waals surface area contributed by atoms with Crippen molar-refractivity contribution in [2.75, 3.05) is 50.8 Å². The summed E-state index contributed by atoms with van der Waals surface area (Å²) in [4.78, 5) is 27.8. The first-order valence-electron chi connectivity index (χ1n) is 12.9. The van der Waals surface area contributed by atoms with Gasteiger partial charge in [-0.1, -0.05) is 30.3 Å². The molecule has 2 saturated heterocycles. The average Bonchev–Trinajstić information content (AvgIpc) is 2.97. The van der Waals surface area contributed by atoms with Crippen LogP contribution in [-0.4, -0.2) is 70.5 Å². The second-order valence-corrected chi connectivity index (χ2v) is 11.4. The van der Waals surface area contributed by atoms with Crippen LogP contribution in [0.25, 0.3) is 0 Å². The van der Waals surface area contributed by atoms with Gasteiger partial charge in [0.05, 0.1) is 18.1 Å². The molecule has 2 amide bonds. The van der Waals surface area contributed by atoms with Crippen LogP contribution in [0, 0.1) is 5.92 Å². The lowest BCUT2D eigenvalue weighted by Crippen LogP contribution is -2.36. The van der Waals surface area contributed by atoms with Gasteiger partial charge in [0.25, 0.3) is 0 Å². The molecule has 2 aliphatic heterocycles. The Labute approximate surface area is 219 Å². The van der Waals surface area contributed by atoms with E-state index in [2.05, 4.69) is 27.7 Å². The Kier molecular flexibility index (Phi) is 9.54. The summed E-state index contributed by atoms with van der Waals surface area (Å²) in [5.74, 6) is -0.606. The first-order chi connectivity index (χ1) is 17.9. The van der Waals surface area contributed by atoms with Crippen LogP contribution in [0.15, 0.2) is 59.5 Å². The second kappa shape index (κ2) is 13.0. The zero-order chi connectivity index (χ0) is 26.1. The first-order valence-corrected chi connectivity index (χ1v) is 14.4. The van der Waals surface area contributed by atoms with Crippen molar-refractivity contribution in [3.63, 3.8) is 0 Å². The zero-order valence-corrected chi connectivity index (χ0v) is 21.9. The molecule has 2 aromatic rings. The molecule has 4 rings (SSSR count). The minimum atomic E-state index is -3.72. The third-order valence-electron chi connectivity index (χ3n) is 6.89. The number of rotatable bonds is 6. The molecule has 0 bridgehead atoms. The van der Waals surface area contributed by atoms with Crippen LogP contribution in [0.5, 0.6) is 0 Å². The van der Waals surface area contributed by atoms with Crippen LogP contribution >= 0.6 is 0 Å². The zero-order valence-electron chi connectivity index (χ0n) is 21.1. The molecule has 2 heterocycles. The van der Waals surface area contributed by atoms with Crippen LogP contribution in [0.2, 0.25) is 0 Å². The molecule has 0 radical (unpaired) electrons. The van der Waals surface area contributed by atoms with Crippen LogP contribution in [0.3, 0.4) is 0 Å². The molecule has 37 heavy (non-hydrogen) atoms. The van der Waals surface area contributed by atoms with E-state index in [4.69, 9.17) is 4.74 Å². The molecular weight excluding hydrogens is 492 g/mol. The van der Waals surface area contributed by atoms with Crippen molar-refractivity contribution in [3.8, 4) is 0 Å². The largest absolute Gasteiger partial charge is 0.378 e. The normalized spacial score (nSPS) is 20.5. The molecule has 2 aliphatic rings. The van der Waals surface area contributed by atoms with Crippen LogP contribution in [0.1, 0.15) is 31.2 Å². The molecule has 2 aromatic carbocycles. The summed E-state index contributed by atoms with van der Waals surface area (Å²) in [5, 5.41) is 5.86. The van der Waals surface area contributed by atoms with E-state index in [1.165, 1.54) is 4.31 Å². The molecule has 9 nitrogen and oxygen atoms in total. The molecule has 200 valence electrons. The minimum Gasteiger partial charge on any atom is -0.378 e. The van der Waals surface area contributed by atoms with Crippen LogP contribution < -0.4 is 15.5 Å². The Hall–Kier alpha value is -2.95. The first kappa shape index (κ1) is 27.1. The number of carbonyl (C=O) groups is 2. The van der Waals surface area contributed by atoms with E-state index >= 15 is 0 Å². The fraction of sp³-hybridized carbons (Fsp3) is 0.481. The predicted molar refractivity (Wildman–Crippen MR) is 141 cm³/mol. The highest BCUT2D eigenvalue weighted by molar-refractivity contribution is 7.89. The summed E-state index contributed by atoms with van der Waals surface area (Å²) in [7, 11) is -3.72. The van der Waals surface area contributed by atoms with E-state index in [1.807, 2.05) is 12.1 Å². The Morgan fingerprint density at radius 1 is 0.973 bits per heavy atom. The summed E-state index contributed by atoms with van der Waals surface area (Å²) >= 11 is 0. The van der Waals surface area contributed by atoms with Gasteiger partial charge in [0.1, 0.15) is 0 Å². The van der Waals surface area contributed by atoms with Crippen LogP contribution in [-0.2, 0) is 30.9 Å². The van der Waals surface area contributed by atoms with Gasteiger partial charge in [-0.2, -0.15) is 4.31 Å². The number of morpholine rings is 1. The van der Waals surface area contributed by atoms with E-state index in [-0.39, 0.29) is 42.1 Å². The van der Waals surface area contributed by atoms with Gasteiger partial charge in [0.15, 0.2) is 0 Å². The van der Waals surface area contributed by atoms with Crippen molar-refractivity contribution in [1.82, 2.24) is 14.9 Å². The molecule has 1 atom stereocenters. The van der Waals surface area contributed by atoms with Crippen LogP contribution in [0.4, 0.5) is 5.69 Å². The highest BCUT2D eigenvalue weighted by Crippen LogP contribution is 2.20. The van der Waals surface area contributed by atoms with Gasteiger partial charge < -0.3 is 20.3 Å². The van der Waals surface area contributed by atoms with Crippen molar-refractivity contribution in [2.24, 2.45) is 5.92 Å². The number of anilines is 1. The summed E-state index contributed by atoms with van der Waals surface area (Å²) in [6.45, 7) is 4.38. The Morgan fingerprint density at radius 3 is 2.43 bits per heavy atom. The summed E-state index contributed by atoms with van der Waals surface area (Å²) in [6, 6.07) is 16.4. The van der Waals surface area contributed by atoms with Gasteiger partial charge in [0.2, 0.25) is 21.8 Å². The van der Waals surface area contributed by atoms with Gasteiger partial charge in [-0.3, -0.25) is 9.59 Å². The lowest BCUT2D eigenvalue weighted by Gasteiger charge is -2.29. The lowest BCUT2D eigenvalue weighted by molar-refractivity contribution is -0.126. The molecular formula is C27H36N4O5S. The molecule has 0 saturated carbocycles. The van der Waals surface area contributed by atoms with Gasteiger partial charge in [-0.15, -0.1) is 0 Å². The minimum absolute atomic E-state index is 0.0804. The second-order valence-electron chi connectivity index (χ2n) is 9.43. The number of ether oxygens (including phenoxy) is 1. The van der Waals surface area contributed by atoms with Gasteiger partial charge in [-0.05, 0) is 49.1 Å².